The molecule has 0 unspecified atom stereocenters. The highest BCUT2D eigenvalue weighted by molar-refractivity contribution is 5.89. The van der Waals surface area contributed by atoms with Crippen molar-refractivity contribution in [2.24, 2.45) is 5.41 Å². The van der Waals surface area contributed by atoms with Crippen LogP contribution in [0.1, 0.15) is 36.2 Å². The van der Waals surface area contributed by atoms with Gasteiger partial charge in [-0.3, -0.25) is 0 Å². The van der Waals surface area contributed by atoms with Gasteiger partial charge in [-0.2, -0.15) is 5.26 Å². The number of nitrogens with zero attached hydrogens (tertiary/aromatic N) is 2. The van der Waals surface area contributed by atoms with Gasteiger partial charge in [-0.25, -0.2) is 4.79 Å². The maximum Gasteiger partial charge on any atom is 0.335 e. The van der Waals surface area contributed by atoms with Crippen LogP contribution in [0.4, 0.5) is 0 Å². The number of nitriles is 1. The largest absolute Gasteiger partial charge is 0.478 e. The molecule has 0 saturated heterocycles. The number of carbonyl (C=O) groups is 1. The second-order valence-corrected chi connectivity index (χ2v) is 5.76. The molecule has 0 saturated carbocycles. The molecule has 0 radical (unpaired) electrons. The van der Waals surface area contributed by atoms with E-state index in [1.54, 1.807) is 12.1 Å². The smallest absolute Gasteiger partial charge is 0.335 e. The van der Waals surface area contributed by atoms with E-state index in [2.05, 4.69) is 11.0 Å². The fraction of sp³-hybridized carbons (Fsp3) is 0.500. The maximum atomic E-state index is 11.1. The summed E-state index contributed by atoms with van der Waals surface area (Å²) in [5, 5.41) is 18.1. The van der Waals surface area contributed by atoms with Gasteiger partial charge in [0.15, 0.2) is 0 Å². The normalized spacial score (nSPS) is 11.3. The third kappa shape index (κ3) is 5.02. The number of hydrogen-bond acceptors (Lipinski definition) is 3. The van der Waals surface area contributed by atoms with Gasteiger partial charge in [0.25, 0.3) is 0 Å². The van der Waals surface area contributed by atoms with Crippen molar-refractivity contribution >= 4 is 5.97 Å². The van der Waals surface area contributed by atoms with Crippen molar-refractivity contribution in [2.75, 3.05) is 20.1 Å². The molecule has 108 valence electrons. The van der Waals surface area contributed by atoms with Crippen LogP contribution in [0.3, 0.4) is 0 Å². The number of hydrogen-bond donors (Lipinski definition) is 1. The molecule has 0 aliphatic carbocycles. The fourth-order valence-corrected chi connectivity index (χ4v) is 1.90. The fourth-order valence-electron chi connectivity index (χ4n) is 1.90. The first-order valence-electron chi connectivity index (χ1n) is 6.77. The van der Waals surface area contributed by atoms with E-state index in [-0.39, 0.29) is 5.41 Å². The van der Waals surface area contributed by atoms with Crippen molar-refractivity contribution in [1.29, 1.82) is 5.26 Å². The number of aromatic carboxylic acids is 1. The molecule has 20 heavy (non-hydrogen) atoms. The van der Waals surface area contributed by atoms with Gasteiger partial charge in [-0.1, -0.05) is 18.2 Å². The molecular formula is C16H22N2O2. The summed E-state index contributed by atoms with van der Waals surface area (Å²) in [6.07, 6.45) is 1.51. The highest BCUT2D eigenvalue weighted by atomic mass is 16.4. The molecule has 0 aromatic heterocycles. The molecule has 4 nitrogen and oxygen atoms in total. The molecule has 0 atom stereocenters. The molecular weight excluding hydrogens is 252 g/mol. The van der Waals surface area contributed by atoms with Crippen LogP contribution in [0.2, 0.25) is 0 Å². The second-order valence-electron chi connectivity index (χ2n) is 5.76. The Morgan fingerprint density at radius 2 is 2.00 bits per heavy atom. The monoisotopic (exact) mass is 274 g/mol. The van der Waals surface area contributed by atoms with E-state index in [9.17, 15) is 4.79 Å². The second kappa shape index (κ2) is 7.06. The minimum absolute atomic E-state index is 0.312. The van der Waals surface area contributed by atoms with Gasteiger partial charge in [-0.15, -0.1) is 0 Å². The molecule has 0 heterocycles. The van der Waals surface area contributed by atoms with E-state index >= 15 is 0 Å². The van der Waals surface area contributed by atoms with Gasteiger partial charge >= 0.3 is 5.97 Å². The molecule has 4 heteroatoms. The first-order chi connectivity index (χ1) is 9.35. The topological polar surface area (TPSA) is 64.3 Å². The van der Waals surface area contributed by atoms with Crippen molar-refractivity contribution in [1.82, 2.24) is 4.90 Å². The highest BCUT2D eigenvalue weighted by Gasteiger charge is 2.17. The van der Waals surface area contributed by atoms with Gasteiger partial charge in [0.1, 0.15) is 0 Å². The van der Waals surface area contributed by atoms with Crippen molar-refractivity contribution < 1.29 is 9.90 Å². The average molecular weight is 274 g/mol. The summed E-state index contributed by atoms with van der Waals surface area (Å²) in [5.41, 5.74) is 0.914. The lowest BCUT2D eigenvalue weighted by molar-refractivity contribution is 0.0695. The quantitative estimate of drug-likeness (QED) is 0.830. The third-order valence-electron chi connectivity index (χ3n) is 3.43. The first-order valence-corrected chi connectivity index (χ1v) is 6.77. The average Bonchev–Trinajstić information content (AvgIpc) is 2.43. The molecule has 1 rings (SSSR count). The lowest BCUT2D eigenvalue weighted by Crippen LogP contribution is -2.26. The molecule has 1 aromatic carbocycles. The minimum atomic E-state index is -0.881. The van der Waals surface area contributed by atoms with E-state index in [0.29, 0.717) is 12.0 Å². The zero-order chi connectivity index (χ0) is 15.2. The van der Waals surface area contributed by atoms with Crippen LogP contribution in [-0.4, -0.2) is 36.1 Å². The first kappa shape index (κ1) is 16.2. The Morgan fingerprint density at radius 1 is 1.35 bits per heavy atom. The molecule has 0 spiro atoms. The third-order valence-corrected chi connectivity index (χ3v) is 3.43. The van der Waals surface area contributed by atoms with E-state index in [0.717, 1.165) is 25.1 Å². The number of carboxylic acids is 1. The molecule has 0 bridgehead atoms. The minimum Gasteiger partial charge on any atom is -0.478 e. The lowest BCUT2D eigenvalue weighted by atomic mass is 9.91. The number of rotatable bonds is 7. The maximum absolute atomic E-state index is 11.1. The van der Waals surface area contributed by atoms with Crippen LogP contribution in [0.15, 0.2) is 24.3 Å². The van der Waals surface area contributed by atoms with Crippen molar-refractivity contribution in [2.45, 2.75) is 26.7 Å². The summed E-state index contributed by atoms with van der Waals surface area (Å²) in [7, 11) is 2.00. The number of carboxylic acid groups (broad SMARTS) is 1. The number of likely N-dealkylation sites (N-methyl/N-ethyl adjacent to an activating group) is 1. The molecule has 1 aromatic rings. The molecule has 0 aliphatic rings. The van der Waals surface area contributed by atoms with E-state index in [4.69, 9.17) is 10.4 Å². The van der Waals surface area contributed by atoms with Gasteiger partial charge in [0.05, 0.1) is 17.0 Å². The molecule has 1 N–H and O–H groups in total. The van der Waals surface area contributed by atoms with Crippen LogP contribution in [0.5, 0.6) is 0 Å². The van der Waals surface area contributed by atoms with Gasteiger partial charge < -0.3 is 10.0 Å². The highest BCUT2D eigenvalue weighted by Crippen LogP contribution is 2.18. The zero-order valence-electron chi connectivity index (χ0n) is 12.4. The van der Waals surface area contributed by atoms with E-state index in [1.807, 2.05) is 33.0 Å². The Labute approximate surface area is 120 Å². The predicted molar refractivity (Wildman–Crippen MR) is 78.6 cm³/mol. The molecule has 0 aliphatic heterocycles. The standard InChI is InChI=1S/C16H22N2O2/c1-16(2,12-17)9-11-18(3)10-8-13-6-4-5-7-14(13)15(19)20/h4-7H,8-11H2,1-3H3,(H,19,20). The summed E-state index contributed by atoms with van der Waals surface area (Å²) in [5.74, 6) is -0.881. The summed E-state index contributed by atoms with van der Waals surface area (Å²) in [6.45, 7) is 5.47. The Balaban J connectivity index is 2.52. The van der Waals surface area contributed by atoms with Gasteiger partial charge in [-0.05, 0) is 51.9 Å². The Kier molecular flexibility index (Phi) is 5.72. The summed E-state index contributed by atoms with van der Waals surface area (Å²) in [6, 6.07) is 9.39. The van der Waals surface area contributed by atoms with Crippen LogP contribution in [0, 0.1) is 16.7 Å². The SMILES string of the molecule is CN(CCc1ccccc1C(=O)O)CCC(C)(C)C#N. The summed E-state index contributed by atoms with van der Waals surface area (Å²) >= 11 is 0. The Morgan fingerprint density at radius 3 is 2.60 bits per heavy atom. The van der Waals surface area contributed by atoms with Gasteiger partial charge in [0, 0.05) is 6.54 Å². The van der Waals surface area contributed by atoms with Crippen molar-refractivity contribution in [3.63, 3.8) is 0 Å². The van der Waals surface area contributed by atoms with Crippen LogP contribution in [-0.2, 0) is 6.42 Å². The zero-order valence-corrected chi connectivity index (χ0v) is 12.4. The number of benzene rings is 1. The molecule has 0 fully saturated rings. The Hall–Kier alpha value is -1.86. The van der Waals surface area contributed by atoms with Crippen LogP contribution in [0.25, 0.3) is 0 Å². The van der Waals surface area contributed by atoms with E-state index < -0.39 is 5.97 Å². The predicted octanol–water partition coefficient (Wildman–Crippen LogP) is 2.80. The van der Waals surface area contributed by atoms with Crippen molar-refractivity contribution in [3.8, 4) is 6.07 Å². The van der Waals surface area contributed by atoms with Crippen LogP contribution >= 0.6 is 0 Å². The summed E-state index contributed by atoms with van der Waals surface area (Å²) in [4.78, 5) is 13.2. The summed E-state index contributed by atoms with van der Waals surface area (Å²) < 4.78 is 0. The van der Waals surface area contributed by atoms with Gasteiger partial charge in [0.2, 0.25) is 0 Å². The van der Waals surface area contributed by atoms with Crippen molar-refractivity contribution in [3.05, 3.63) is 35.4 Å². The van der Waals surface area contributed by atoms with Crippen LogP contribution < -0.4 is 0 Å². The molecule has 0 amide bonds. The van der Waals surface area contributed by atoms with E-state index in [1.165, 1.54) is 0 Å². The lowest BCUT2D eigenvalue weighted by Gasteiger charge is -2.21. The Bertz CT molecular complexity index is 503.